The highest BCUT2D eigenvalue weighted by molar-refractivity contribution is 7.09. The normalized spacial score (nSPS) is 15.8. The number of hydrogen-bond donors (Lipinski definition) is 1. The molecule has 0 atom stereocenters. The molecule has 0 bridgehead atoms. The van der Waals surface area contributed by atoms with Crippen molar-refractivity contribution in [3.63, 3.8) is 0 Å². The standard InChI is InChI=1S/C20H21N3O2S/c1-2-8-21-20-16(5-1)17(13-15-4-3-11-26-15)22-23(20)14-6-7-18-19(12-14)25-10-9-24-18/h3-4,6-7,11-12,21H,1-2,5,8-10,13H2. The molecule has 6 heteroatoms. The molecule has 134 valence electrons. The van der Waals surface area contributed by atoms with Crippen LogP contribution >= 0.6 is 11.3 Å². The lowest BCUT2D eigenvalue weighted by Crippen LogP contribution is -2.15. The summed E-state index contributed by atoms with van der Waals surface area (Å²) in [7, 11) is 0. The van der Waals surface area contributed by atoms with Crippen molar-refractivity contribution in [1.82, 2.24) is 9.78 Å². The van der Waals surface area contributed by atoms with Gasteiger partial charge in [0.25, 0.3) is 0 Å². The molecule has 5 nitrogen and oxygen atoms in total. The predicted octanol–water partition coefficient (Wildman–Crippen LogP) is 4.04. The molecule has 0 unspecified atom stereocenters. The number of rotatable bonds is 3. The molecule has 0 amide bonds. The molecular weight excluding hydrogens is 346 g/mol. The van der Waals surface area contributed by atoms with E-state index in [1.165, 1.54) is 29.0 Å². The Balaban J connectivity index is 1.58. The van der Waals surface area contributed by atoms with E-state index in [-0.39, 0.29) is 0 Å². The molecule has 2 aliphatic heterocycles. The van der Waals surface area contributed by atoms with Crippen molar-refractivity contribution in [2.45, 2.75) is 25.7 Å². The van der Waals surface area contributed by atoms with E-state index in [9.17, 15) is 0 Å². The molecule has 0 saturated heterocycles. The topological polar surface area (TPSA) is 48.3 Å². The molecule has 2 aliphatic rings. The van der Waals surface area contributed by atoms with Crippen LogP contribution in [0.5, 0.6) is 11.5 Å². The van der Waals surface area contributed by atoms with Crippen molar-refractivity contribution in [2.24, 2.45) is 0 Å². The summed E-state index contributed by atoms with van der Waals surface area (Å²) in [5.74, 6) is 2.74. The smallest absolute Gasteiger partial charge is 0.163 e. The highest BCUT2D eigenvalue weighted by Crippen LogP contribution is 2.35. The maximum atomic E-state index is 5.76. The summed E-state index contributed by atoms with van der Waals surface area (Å²) in [6, 6.07) is 10.4. The molecule has 0 aliphatic carbocycles. The zero-order valence-corrected chi connectivity index (χ0v) is 15.3. The fourth-order valence-corrected chi connectivity index (χ4v) is 4.35. The lowest BCUT2D eigenvalue weighted by atomic mass is 10.1. The second kappa shape index (κ2) is 6.68. The summed E-state index contributed by atoms with van der Waals surface area (Å²) >= 11 is 1.79. The molecule has 0 saturated carbocycles. The molecule has 0 fully saturated rings. The van der Waals surface area contributed by atoms with Gasteiger partial charge in [-0.3, -0.25) is 0 Å². The van der Waals surface area contributed by atoms with Crippen LogP contribution in [-0.4, -0.2) is 29.5 Å². The van der Waals surface area contributed by atoms with E-state index in [0.717, 1.165) is 42.4 Å². The summed E-state index contributed by atoms with van der Waals surface area (Å²) in [5.41, 5.74) is 3.54. The number of hydrogen-bond acceptors (Lipinski definition) is 5. The lowest BCUT2D eigenvalue weighted by Gasteiger charge is -2.19. The number of aromatic nitrogens is 2. The van der Waals surface area contributed by atoms with Crippen LogP contribution in [0.2, 0.25) is 0 Å². The van der Waals surface area contributed by atoms with Crippen molar-refractivity contribution in [2.75, 3.05) is 25.1 Å². The third kappa shape index (κ3) is 2.84. The van der Waals surface area contributed by atoms with Gasteiger partial charge in [-0.1, -0.05) is 6.07 Å². The van der Waals surface area contributed by atoms with Crippen LogP contribution in [0, 0.1) is 0 Å². The van der Waals surface area contributed by atoms with Crippen molar-refractivity contribution >= 4 is 17.2 Å². The summed E-state index contributed by atoms with van der Waals surface area (Å²) in [5, 5.41) is 10.7. The Morgan fingerprint density at radius 3 is 2.92 bits per heavy atom. The van der Waals surface area contributed by atoms with Gasteiger partial charge in [0, 0.05) is 29.5 Å². The van der Waals surface area contributed by atoms with Gasteiger partial charge >= 0.3 is 0 Å². The first-order chi connectivity index (χ1) is 12.9. The van der Waals surface area contributed by atoms with Crippen LogP contribution in [0.4, 0.5) is 5.82 Å². The predicted molar refractivity (Wildman–Crippen MR) is 103 cm³/mol. The first-order valence-electron chi connectivity index (χ1n) is 9.15. The zero-order valence-electron chi connectivity index (χ0n) is 14.5. The summed E-state index contributed by atoms with van der Waals surface area (Å²) < 4.78 is 13.5. The van der Waals surface area contributed by atoms with E-state index in [0.29, 0.717) is 13.2 Å². The minimum Gasteiger partial charge on any atom is -0.486 e. The number of thiophene rings is 1. The van der Waals surface area contributed by atoms with Gasteiger partial charge < -0.3 is 14.8 Å². The van der Waals surface area contributed by atoms with Crippen molar-refractivity contribution in [1.29, 1.82) is 0 Å². The molecule has 2 aromatic heterocycles. The van der Waals surface area contributed by atoms with Gasteiger partial charge in [-0.15, -0.1) is 11.3 Å². The van der Waals surface area contributed by atoms with E-state index in [4.69, 9.17) is 14.6 Å². The zero-order chi connectivity index (χ0) is 17.3. The second-order valence-corrected chi connectivity index (χ2v) is 7.69. The van der Waals surface area contributed by atoms with Crippen LogP contribution in [-0.2, 0) is 12.8 Å². The van der Waals surface area contributed by atoms with E-state index in [2.05, 4.69) is 28.9 Å². The highest BCUT2D eigenvalue weighted by Gasteiger charge is 2.22. The summed E-state index contributed by atoms with van der Waals surface area (Å²) in [6.07, 6.45) is 4.35. The molecule has 5 rings (SSSR count). The maximum absolute atomic E-state index is 5.76. The third-order valence-corrected chi connectivity index (χ3v) is 5.78. The van der Waals surface area contributed by atoms with E-state index in [1.807, 2.05) is 16.8 Å². The number of ether oxygens (including phenoxy) is 2. The minimum absolute atomic E-state index is 0.593. The van der Waals surface area contributed by atoms with Gasteiger partial charge in [0.2, 0.25) is 0 Å². The Kier molecular flexibility index (Phi) is 4.05. The van der Waals surface area contributed by atoms with E-state index in [1.54, 1.807) is 11.3 Å². The van der Waals surface area contributed by atoms with Crippen LogP contribution in [0.25, 0.3) is 5.69 Å². The number of benzene rings is 1. The minimum atomic E-state index is 0.593. The van der Waals surface area contributed by atoms with Gasteiger partial charge in [0.1, 0.15) is 19.0 Å². The van der Waals surface area contributed by atoms with Crippen molar-refractivity contribution < 1.29 is 9.47 Å². The monoisotopic (exact) mass is 367 g/mol. The summed E-state index contributed by atoms with van der Waals surface area (Å²) in [4.78, 5) is 1.35. The Morgan fingerprint density at radius 1 is 1.12 bits per heavy atom. The molecule has 0 radical (unpaired) electrons. The molecule has 4 heterocycles. The molecule has 1 N–H and O–H groups in total. The number of anilines is 1. The number of nitrogens with zero attached hydrogens (tertiary/aromatic N) is 2. The molecular formula is C20H21N3O2S. The van der Waals surface area contributed by atoms with Gasteiger partial charge in [-0.2, -0.15) is 5.10 Å². The highest BCUT2D eigenvalue weighted by atomic mass is 32.1. The Morgan fingerprint density at radius 2 is 2.04 bits per heavy atom. The fraction of sp³-hybridized carbons (Fsp3) is 0.350. The fourth-order valence-electron chi connectivity index (χ4n) is 3.64. The quantitative estimate of drug-likeness (QED) is 0.759. The van der Waals surface area contributed by atoms with E-state index >= 15 is 0 Å². The maximum Gasteiger partial charge on any atom is 0.163 e. The Labute approximate surface area is 156 Å². The van der Waals surface area contributed by atoms with Crippen molar-refractivity contribution in [3.8, 4) is 17.2 Å². The van der Waals surface area contributed by atoms with Crippen LogP contribution in [0.15, 0.2) is 35.7 Å². The van der Waals surface area contributed by atoms with Gasteiger partial charge in [0.05, 0.1) is 11.4 Å². The first-order valence-corrected chi connectivity index (χ1v) is 10.0. The number of fused-ring (bicyclic) bond motifs is 2. The van der Waals surface area contributed by atoms with Crippen molar-refractivity contribution in [3.05, 3.63) is 51.8 Å². The van der Waals surface area contributed by atoms with Crippen LogP contribution < -0.4 is 14.8 Å². The van der Waals surface area contributed by atoms with Gasteiger partial charge in [-0.05, 0) is 42.8 Å². The third-order valence-electron chi connectivity index (χ3n) is 4.90. The Hall–Kier alpha value is -2.47. The lowest BCUT2D eigenvalue weighted by molar-refractivity contribution is 0.171. The largest absolute Gasteiger partial charge is 0.486 e. The Bertz CT molecular complexity index is 918. The molecule has 26 heavy (non-hydrogen) atoms. The van der Waals surface area contributed by atoms with Gasteiger partial charge in [-0.25, -0.2) is 4.68 Å². The van der Waals surface area contributed by atoms with Crippen LogP contribution in [0.1, 0.15) is 29.0 Å². The SMILES string of the molecule is c1csc(Cc2nn(-c3ccc4c(c3)OCCO4)c3c2CCCCN3)c1. The molecule has 0 spiro atoms. The average Bonchev–Trinajstić information content (AvgIpc) is 3.23. The second-order valence-electron chi connectivity index (χ2n) is 6.65. The summed E-state index contributed by atoms with van der Waals surface area (Å²) in [6.45, 7) is 2.19. The average molecular weight is 367 g/mol. The number of nitrogens with one attached hydrogen (secondary N) is 1. The molecule has 3 aromatic rings. The first kappa shape index (κ1) is 15.8. The van der Waals surface area contributed by atoms with Gasteiger partial charge in [0.15, 0.2) is 11.5 Å². The van der Waals surface area contributed by atoms with E-state index < -0.39 is 0 Å². The van der Waals surface area contributed by atoms with Crippen LogP contribution in [0.3, 0.4) is 0 Å². The molecule has 1 aromatic carbocycles.